The van der Waals surface area contributed by atoms with Gasteiger partial charge < -0.3 is 10.1 Å². The van der Waals surface area contributed by atoms with Gasteiger partial charge in [-0.15, -0.1) is 0 Å². The zero-order valence-electron chi connectivity index (χ0n) is 16.7. The SMILES string of the molecule is C[C@@H]1CN(S(=O)(=O)c2cccc(C(=O)NCCC3=CCCCC3)c2)C[C@H](C)O1. The van der Waals surface area contributed by atoms with Crippen molar-refractivity contribution in [1.82, 2.24) is 9.62 Å². The van der Waals surface area contributed by atoms with Crippen LogP contribution in [0.4, 0.5) is 0 Å². The fourth-order valence-corrected chi connectivity index (χ4v) is 5.48. The summed E-state index contributed by atoms with van der Waals surface area (Å²) in [5, 5.41) is 2.91. The molecule has 1 aliphatic heterocycles. The fourth-order valence-electron chi connectivity index (χ4n) is 3.84. The first-order valence-electron chi connectivity index (χ1n) is 10.1. The van der Waals surface area contributed by atoms with Crippen LogP contribution in [0.2, 0.25) is 0 Å². The lowest BCUT2D eigenvalue weighted by Crippen LogP contribution is -2.48. The number of carbonyl (C=O) groups is 1. The Bertz CT molecular complexity index is 825. The van der Waals surface area contributed by atoms with Crippen molar-refractivity contribution in [2.24, 2.45) is 0 Å². The summed E-state index contributed by atoms with van der Waals surface area (Å²) < 4.78 is 33.1. The highest BCUT2D eigenvalue weighted by atomic mass is 32.2. The summed E-state index contributed by atoms with van der Waals surface area (Å²) in [6, 6.07) is 6.29. The quantitative estimate of drug-likeness (QED) is 0.737. The van der Waals surface area contributed by atoms with Gasteiger partial charge in [0.25, 0.3) is 5.91 Å². The minimum absolute atomic E-state index is 0.149. The number of rotatable bonds is 6. The fraction of sp³-hybridized carbons (Fsp3) is 0.571. The van der Waals surface area contributed by atoms with Gasteiger partial charge in [0.1, 0.15) is 0 Å². The van der Waals surface area contributed by atoms with Gasteiger partial charge in [0.05, 0.1) is 17.1 Å². The highest BCUT2D eigenvalue weighted by Gasteiger charge is 2.32. The Balaban J connectivity index is 1.65. The molecule has 1 aromatic carbocycles. The molecule has 1 amide bonds. The van der Waals surface area contributed by atoms with Crippen molar-refractivity contribution in [1.29, 1.82) is 0 Å². The number of sulfonamides is 1. The van der Waals surface area contributed by atoms with Gasteiger partial charge in [-0.2, -0.15) is 4.31 Å². The molecule has 0 radical (unpaired) electrons. The van der Waals surface area contributed by atoms with Crippen molar-refractivity contribution in [3.63, 3.8) is 0 Å². The average Bonchev–Trinajstić information content (AvgIpc) is 2.68. The Hall–Kier alpha value is -1.70. The number of morpholine rings is 1. The van der Waals surface area contributed by atoms with E-state index in [1.54, 1.807) is 18.2 Å². The topological polar surface area (TPSA) is 75.7 Å². The zero-order chi connectivity index (χ0) is 20.1. The number of ether oxygens (including phenoxy) is 1. The molecule has 2 aliphatic rings. The zero-order valence-corrected chi connectivity index (χ0v) is 17.5. The van der Waals surface area contributed by atoms with Crippen LogP contribution in [0.1, 0.15) is 56.3 Å². The second kappa shape index (κ2) is 9.20. The summed E-state index contributed by atoms with van der Waals surface area (Å²) >= 11 is 0. The Morgan fingerprint density at radius 2 is 1.96 bits per heavy atom. The van der Waals surface area contributed by atoms with E-state index in [0.717, 1.165) is 19.3 Å². The maximum absolute atomic E-state index is 13.0. The van der Waals surface area contributed by atoms with Crippen LogP contribution in [-0.2, 0) is 14.8 Å². The molecule has 1 heterocycles. The molecule has 7 heteroatoms. The van der Waals surface area contributed by atoms with Crippen LogP contribution >= 0.6 is 0 Å². The second-order valence-electron chi connectivity index (χ2n) is 7.72. The van der Waals surface area contributed by atoms with Crippen molar-refractivity contribution < 1.29 is 17.9 Å². The van der Waals surface area contributed by atoms with Crippen LogP contribution in [0.5, 0.6) is 0 Å². The molecule has 0 aromatic heterocycles. The molecule has 3 rings (SSSR count). The molecule has 28 heavy (non-hydrogen) atoms. The number of benzene rings is 1. The highest BCUT2D eigenvalue weighted by molar-refractivity contribution is 7.89. The smallest absolute Gasteiger partial charge is 0.251 e. The molecular weight excluding hydrogens is 376 g/mol. The second-order valence-corrected chi connectivity index (χ2v) is 9.66. The summed E-state index contributed by atoms with van der Waals surface area (Å²) in [6.45, 7) is 4.93. The van der Waals surface area contributed by atoms with E-state index in [1.807, 2.05) is 13.8 Å². The first-order valence-corrected chi connectivity index (χ1v) is 11.5. The molecule has 6 nitrogen and oxygen atoms in total. The van der Waals surface area contributed by atoms with Crippen molar-refractivity contribution in [3.8, 4) is 0 Å². The molecule has 0 bridgehead atoms. The molecule has 154 valence electrons. The van der Waals surface area contributed by atoms with E-state index in [2.05, 4.69) is 11.4 Å². The minimum atomic E-state index is -3.66. The van der Waals surface area contributed by atoms with Gasteiger partial charge in [0.15, 0.2) is 0 Å². The number of nitrogens with one attached hydrogen (secondary N) is 1. The maximum Gasteiger partial charge on any atom is 0.251 e. The molecule has 1 fully saturated rings. The number of hydrogen-bond donors (Lipinski definition) is 1. The van der Waals surface area contributed by atoms with Crippen molar-refractivity contribution in [3.05, 3.63) is 41.5 Å². The van der Waals surface area contributed by atoms with Gasteiger partial charge in [-0.3, -0.25) is 4.79 Å². The third kappa shape index (κ3) is 5.21. The van der Waals surface area contributed by atoms with Gasteiger partial charge in [-0.1, -0.05) is 17.7 Å². The molecule has 0 saturated carbocycles. The monoisotopic (exact) mass is 406 g/mol. The molecule has 1 aliphatic carbocycles. The lowest BCUT2D eigenvalue weighted by molar-refractivity contribution is -0.0440. The molecule has 1 aromatic rings. The van der Waals surface area contributed by atoms with Crippen LogP contribution in [-0.4, -0.2) is 50.5 Å². The van der Waals surface area contributed by atoms with E-state index in [0.29, 0.717) is 25.2 Å². The number of amides is 1. The van der Waals surface area contributed by atoms with Crippen LogP contribution < -0.4 is 5.32 Å². The van der Waals surface area contributed by atoms with E-state index >= 15 is 0 Å². The number of allylic oxidation sites excluding steroid dienone is 1. The van der Waals surface area contributed by atoms with E-state index in [9.17, 15) is 13.2 Å². The van der Waals surface area contributed by atoms with E-state index < -0.39 is 10.0 Å². The van der Waals surface area contributed by atoms with Crippen LogP contribution in [0.25, 0.3) is 0 Å². The standard InChI is InChI=1S/C21H30N2O4S/c1-16-14-23(15-17(2)27-16)28(25,26)20-10-6-9-19(13-20)21(24)22-12-11-18-7-4-3-5-8-18/h6-7,9-10,13,16-17H,3-5,8,11-12,14-15H2,1-2H3,(H,22,24)/t16-,17+. The van der Waals surface area contributed by atoms with Crippen molar-refractivity contribution in [2.75, 3.05) is 19.6 Å². The summed E-state index contributed by atoms with van der Waals surface area (Å²) in [7, 11) is -3.66. The third-order valence-electron chi connectivity index (χ3n) is 5.24. The summed E-state index contributed by atoms with van der Waals surface area (Å²) in [5.74, 6) is -0.239. The molecular formula is C21H30N2O4S. The Kier molecular flexibility index (Phi) is 6.91. The van der Waals surface area contributed by atoms with Gasteiger partial charge in [-0.05, 0) is 64.2 Å². The predicted octanol–water partition coefficient (Wildman–Crippen LogP) is 3.10. The van der Waals surface area contributed by atoms with E-state index in [1.165, 1.54) is 28.8 Å². The normalized spacial score (nSPS) is 23.9. The summed E-state index contributed by atoms with van der Waals surface area (Å²) in [5.41, 5.74) is 1.77. The van der Waals surface area contributed by atoms with Crippen LogP contribution in [0.15, 0.2) is 40.8 Å². The number of hydrogen-bond acceptors (Lipinski definition) is 4. The lowest BCUT2D eigenvalue weighted by atomic mass is 9.97. The summed E-state index contributed by atoms with van der Waals surface area (Å²) in [4.78, 5) is 12.6. The molecule has 0 unspecified atom stereocenters. The van der Waals surface area contributed by atoms with Gasteiger partial charge in [0, 0.05) is 25.2 Å². The third-order valence-corrected chi connectivity index (χ3v) is 7.06. The Labute approximate surface area is 168 Å². The van der Waals surface area contributed by atoms with Gasteiger partial charge >= 0.3 is 0 Å². The Morgan fingerprint density at radius 3 is 2.64 bits per heavy atom. The molecule has 2 atom stereocenters. The van der Waals surface area contributed by atoms with Crippen LogP contribution in [0.3, 0.4) is 0 Å². The van der Waals surface area contributed by atoms with Gasteiger partial charge in [-0.25, -0.2) is 8.42 Å². The molecule has 1 N–H and O–H groups in total. The first-order chi connectivity index (χ1) is 13.4. The van der Waals surface area contributed by atoms with Crippen LogP contribution in [0, 0.1) is 0 Å². The Morgan fingerprint density at radius 1 is 1.21 bits per heavy atom. The average molecular weight is 407 g/mol. The molecule has 0 spiro atoms. The van der Waals surface area contributed by atoms with Crippen molar-refractivity contribution >= 4 is 15.9 Å². The minimum Gasteiger partial charge on any atom is -0.373 e. The van der Waals surface area contributed by atoms with Crippen molar-refractivity contribution in [2.45, 2.75) is 63.1 Å². The van der Waals surface area contributed by atoms with E-state index in [-0.39, 0.29) is 23.0 Å². The lowest BCUT2D eigenvalue weighted by Gasteiger charge is -2.34. The number of nitrogens with zero attached hydrogens (tertiary/aromatic N) is 1. The van der Waals surface area contributed by atoms with E-state index in [4.69, 9.17) is 4.74 Å². The maximum atomic E-state index is 13.0. The van der Waals surface area contributed by atoms with Gasteiger partial charge in [0.2, 0.25) is 10.0 Å². The predicted molar refractivity (Wildman–Crippen MR) is 109 cm³/mol. The first kappa shape index (κ1) is 21.0. The molecule has 1 saturated heterocycles. The largest absolute Gasteiger partial charge is 0.373 e. The highest BCUT2D eigenvalue weighted by Crippen LogP contribution is 2.22. The summed E-state index contributed by atoms with van der Waals surface area (Å²) in [6.07, 6.45) is 7.52. The number of carbonyl (C=O) groups excluding carboxylic acids is 1.